The molecule has 1 amide bonds. The van der Waals surface area contributed by atoms with Gasteiger partial charge in [-0.1, -0.05) is 24.3 Å². The third-order valence-electron chi connectivity index (χ3n) is 4.79. The number of nitrogens with one attached hydrogen (secondary N) is 1. The zero-order valence-electron chi connectivity index (χ0n) is 17.8. The molecule has 6 nitrogen and oxygen atoms in total. The Labute approximate surface area is 228 Å². The molecule has 0 aliphatic carbocycles. The van der Waals surface area contributed by atoms with Gasteiger partial charge in [-0.05, 0) is 123 Å². The van der Waals surface area contributed by atoms with Gasteiger partial charge in [0.2, 0.25) is 0 Å². The van der Waals surface area contributed by atoms with Gasteiger partial charge in [0.05, 0.1) is 23.3 Å². The van der Waals surface area contributed by atoms with Crippen LogP contribution in [0.3, 0.4) is 0 Å². The molecule has 9 heteroatoms. The molecule has 1 fully saturated rings. The molecule has 0 atom stereocenters. The second-order valence-electron chi connectivity index (χ2n) is 7.43. The molecule has 0 aromatic heterocycles. The van der Waals surface area contributed by atoms with Gasteiger partial charge in [-0.2, -0.15) is 0 Å². The number of carboxylic acid groups (broad SMARTS) is 1. The molecule has 2 N–H and O–H groups in total. The molecule has 3 aromatic carbocycles. The van der Waals surface area contributed by atoms with Crippen molar-refractivity contribution in [1.29, 1.82) is 0 Å². The van der Waals surface area contributed by atoms with E-state index in [4.69, 9.17) is 9.84 Å². The van der Waals surface area contributed by atoms with Crippen LogP contribution in [0.4, 0.5) is 5.69 Å². The van der Waals surface area contributed by atoms with E-state index in [9.17, 15) is 9.59 Å². The molecule has 1 heterocycles. The van der Waals surface area contributed by atoms with Gasteiger partial charge in [-0.3, -0.25) is 4.79 Å². The van der Waals surface area contributed by atoms with Gasteiger partial charge in [0.1, 0.15) is 12.4 Å². The Bertz CT molecular complexity index is 1310. The molecule has 0 bridgehead atoms. The fourth-order valence-corrected chi connectivity index (χ4v) is 6.12. The number of amidine groups is 1. The molecule has 34 heavy (non-hydrogen) atoms. The first kappa shape index (κ1) is 24.7. The zero-order chi connectivity index (χ0) is 24.2. The fraction of sp³-hybridized carbons (Fsp3) is 0.0800. The van der Waals surface area contributed by atoms with Crippen LogP contribution in [0.1, 0.15) is 27.0 Å². The molecule has 3 aromatic rings. The van der Waals surface area contributed by atoms with Crippen LogP contribution in [-0.2, 0) is 11.4 Å². The Morgan fingerprint density at radius 1 is 1.12 bits per heavy atom. The van der Waals surface area contributed by atoms with E-state index in [2.05, 4.69) is 55.5 Å². The molecule has 1 saturated heterocycles. The van der Waals surface area contributed by atoms with Crippen molar-refractivity contribution in [3.63, 3.8) is 0 Å². The van der Waals surface area contributed by atoms with Crippen LogP contribution in [0.25, 0.3) is 6.08 Å². The maximum Gasteiger partial charge on any atom is 0.335 e. The minimum absolute atomic E-state index is 0.174. The minimum atomic E-state index is -0.955. The first-order chi connectivity index (χ1) is 16.3. The van der Waals surface area contributed by atoms with E-state index in [-0.39, 0.29) is 11.5 Å². The molecular weight excluding hydrogens is 678 g/mol. The number of hydrogen-bond donors (Lipinski definition) is 2. The van der Waals surface area contributed by atoms with Crippen molar-refractivity contribution in [2.75, 3.05) is 0 Å². The Morgan fingerprint density at radius 3 is 2.47 bits per heavy atom. The number of aryl methyl sites for hydroxylation is 1. The van der Waals surface area contributed by atoms with Gasteiger partial charge in [0.25, 0.3) is 5.91 Å². The second-order valence-corrected chi connectivity index (χ2v) is 10.8. The van der Waals surface area contributed by atoms with E-state index in [1.54, 1.807) is 24.3 Å². The van der Waals surface area contributed by atoms with Gasteiger partial charge < -0.3 is 15.2 Å². The molecule has 1 aliphatic heterocycles. The van der Waals surface area contributed by atoms with Crippen molar-refractivity contribution < 1.29 is 19.4 Å². The van der Waals surface area contributed by atoms with E-state index in [0.717, 1.165) is 35.3 Å². The fourth-order valence-electron chi connectivity index (χ4n) is 3.15. The van der Waals surface area contributed by atoms with Crippen LogP contribution in [0.15, 0.2) is 70.6 Å². The number of carboxylic acids is 1. The summed E-state index contributed by atoms with van der Waals surface area (Å²) in [5, 5.41) is 12.4. The maximum absolute atomic E-state index is 12.5. The van der Waals surface area contributed by atoms with E-state index < -0.39 is 5.97 Å². The van der Waals surface area contributed by atoms with Crippen molar-refractivity contribution in [1.82, 2.24) is 5.32 Å². The van der Waals surface area contributed by atoms with Crippen molar-refractivity contribution in [2.45, 2.75) is 13.5 Å². The molecule has 172 valence electrons. The van der Waals surface area contributed by atoms with Crippen LogP contribution in [0.5, 0.6) is 5.75 Å². The highest BCUT2D eigenvalue weighted by atomic mass is 127. The topological polar surface area (TPSA) is 88.0 Å². The molecule has 0 unspecified atom stereocenters. The molecule has 4 rings (SSSR count). The lowest BCUT2D eigenvalue weighted by Gasteiger charge is -2.12. The smallest absolute Gasteiger partial charge is 0.335 e. The number of benzene rings is 3. The number of hydrogen-bond acceptors (Lipinski definition) is 5. The second kappa shape index (κ2) is 10.9. The summed E-state index contributed by atoms with van der Waals surface area (Å²) in [5.74, 6) is -0.383. The lowest BCUT2D eigenvalue weighted by Crippen LogP contribution is -2.19. The number of carbonyl (C=O) groups is 2. The summed E-state index contributed by atoms with van der Waals surface area (Å²) in [6.07, 6.45) is 1.84. The van der Waals surface area contributed by atoms with Crippen LogP contribution in [0, 0.1) is 14.1 Å². The highest BCUT2D eigenvalue weighted by Crippen LogP contribution is 2.33. The van der Waals surface area contributed by atoms with Gasteiger partial charge >= 0.3 is 5.97 Å². The van der Waals surface area contributed by atoms with Crippen molar-refractivity contribution >= 4 is 85.8 Å². The van der Waals surface area contributed by atoms with Crippen molar-refractivity contribution in [3.8, 4) is 5.75 Å². The van der Waals surface area contributed by atoms with Crippen LogP contribution < -0.4 is 10.1 Å². The van der Waals surface area contributed by atoms with Gasteiger partial charge in [0, 0.05) is 0 Å². The Balaban J connectivity index is 1.48. The van der Waals surface area contributed by atoms with Crippen LogP contribution >= 0.6 is 56.9 Å². The number of rotatable bonds is 6. The summed E-state index contributed by atoms with van der Waals surface area (Å²) in [6, 6.07) is 18.3. The summed E-state index contributed by atoms with van der Waals surface area (Å²) in [6.45, 7) is 2.32. The quantitative estimate of drug-likeness (QED) is 0.231. The lowest BCUT2D eigenvalue weighted by molar-refractivity contribution is -0.115. The van der Waals surface area contributed by atoms with E-state index in [1.165, 1.54) is 11.8 Å². The SMILES string of the molecule is Cc1cccc(N=C2NC(=O)/C(=C/c3cc(I)c(OCc4ccc(C(=O)O)cc4)c(I)c3)S2)c1. The summed E-state index contributed by atoms with van der Waals surface area (Å²) in [5.41, 5.74) is 3.91. The number of carbonyl (C=O) groups excluding carboxylic acids is 1. The van der Waals surface area contributed by atoms with E-state index in [0.29, 0.717) is 16.7 Å². The largest absolute Gasteiger partial charge is 0.487 e. The lowest BCUT2D eigenvalue weighted by atomic mass is 10.1. The maximum atomic E-state index is 12.5. The Hall–Kier alpha value is -2.38. The zero-order valence-corrected chi connectivity index (χ0v) is 23.0. The number of aliphatic imine (C=N–C) groups is 1. The van der Waals surface area contributed by atoms with Crippen LogP contribution in [-0.4, -0.2) is 22.2 Å². The number of aromatic carboxylic acids is 1. The summed E-state index contributed by atoms with van der Waals surface area (Å²) >= 11 is 5.74. The van der Waals surface area contributed by atoms with Crippen molar-refractivity contribution in [2.24, 2.45) is 4.99 Å². The molecular formula is C25H18I2N2O4S. The van der Waals surface area contributed by atoms with Gasteiger partial charge in [0.15, 0.2) is 5.17 Å². The predicted molar refractivity (Wildman–Crippen MR) is 152 cm³/mol. The van der Waals surface area contributed by atoms with Gasteiger partial charge in [-0.15, -0.1) is 0 Å². The third kappa shape index (κ3) is 6.19. The Kier molecular flexibility index (Phi) is 7.94. The first-order valence-corrected chi connectivity index (χ1v) is 13.1. The predicted octanol–water partition coefficient (Wildman–Crippen LogP) is 6.37. The summed E-state index contributed by atoms with van der Waals surface area (Å²) in [4.78, 5) is 28.6. The summed E-state index contributed by atoms with van der Waals surface area (Å²) < 4.78 is 7.83. The number of nitrogens with zero attached hydrogens (tertiary/aromatic N) is 1. The van der Waals surface area contributed by atoms with E-state index >= 15 is 0 Å². The number of thioether (sulfide) groups is 1. The minimum Gasteiger partial charge on any atom is -0.487 e. The number of halogens is 2. The molecule has 0 saturated carbocycles. The standard InChI is InChI=1S/C25H18I2N2O4S/c1-14-3-2-4-18(9-14)28-25-29-23(30)21(34-25)12-16-10-19(26)22(20(27)11-16)33-13-15-5-7-17(8-6-15)24(31)32/h2-12H,13H2,1H3,(H,31,32)(H,28,29,30)/b21-12-. The number of ether oxygens (including phenoxy) is 1. The highest BCUT2D eigenvalue weighted by molar-refractivity contribution is 14.1. The molecule has 1 aliphatic rings. The average molecular weight is 696 g/mol. The summed E-state index contributed by atoms with van der Waals surface area (Å²) in [7, 11) is 0. The van der Waals surface area contributed by atoms with Crippen molar-refractivity contribution in [3.05, 3.63) is 95.0 Å². The van der Waals surface area contributed by atoms with Gasteiger partial charge in [-0.25, -0.2) is 9.79 Å². The Morgan fingerprint density at radius 2 is 1.82 bits per heavy atom. The van der Waals surface area contributed by atoms with E-state index in [1.807, 2.05) is 49.4 Å². The first-order valence-electron chi connectivity index (χ1n) is 10.1. The average Bonchev–Trinajstić information content (AvgIpc) is 3.11. The highest BCUT2D eigenvalue weighted by Gasteiger charge is 2.24. The monoisotopic (exact) mass is 696 g/mol. The molecule has 0 radical (unpaired) electrons. The molecule has 0 spiro atoms. The van der Waals surface area contributed by atoms with Crippen LogP contribution in [0.2, 0.25) is 0 Å². The normalized spacial score (nSPS) is 15.6. The number of amides is 1. The third-order valence-corrected chi connectivity index (χ3v) is 7.30.